The molecule has 0 radical (unpaired) electrons. The van der Waals surface area contributed by atoms with Gasteiger partial charge in [-0.3, -0.25) is 9.59 Å². The topological polar surface area (TPSA) is 72.9 Å². The number of rotatable bonds is 4. The van der Waals surface area contributed by atoms with Crippen LogP contribution in [0.25, 0.3) is 0 Å². The van der Waals surface area contributed by atoms with E-state index >= 15 is 0 Å². The first-order chi connectivity index (χ1) is 10.0. The Balaban J connectivity index is 2.19. The second-order valence-corrected chi connectivity index (χ2v) is 4.82. The highest BCUT2D eigenvalue weighted by Crippen LogP contribution is 2.25. The lowest BCUT2D eigenvalue weighted by Crippen LogP contribution is -2.39. The third-order valence-corrected chi connectivity index (χ3v) is 3.35. The summed E-state index contributed by atoms with van der Waals surface area (Å²) in [5, 5.41) is 0. The fourth-order valence-electron chi connectivity index (χ4n) is 2.40. The highest BCUT2D eigenvalue weighted by atomic mass is 16.6. The van der Waals surface area contributed by atoms with Crippen LogP contribution in [0.4, 0.5) is 0 Å². The van der Waals surface area contributed by atoms with Crippen LogP contribution in [0.5, 0.6) is 0 Å². The van der Waals surface area contributed by atoms with Crippen LogP contribution in [-0.4, -0.2) is 42.0 Å². The number of likely N-dealkylation sites (tertiary alicyclic amines) is 1. The number of esters is 2. The van der Waals surface area contributed by atoms with Crippen molar-refractivity contribution in [2.45, 2.75) is 32.0 Å². The average Bonchev–Trinajstić information content (AvgIpc) is 2.76. The largest absolute Gasteiger partial charge is 0.467 e. The van der Waals surface area contributed by atoms with E-state index in [1.54, 1.807) is 0 Å². The molecule has 1 aromatic carbocycles. The van der Waals surface area contributed by atoms with Gasteiger partial charge in [-0.1, -0.05) is 30.3 Å². The first-order valence-corrected chi connectivity index (χ1v) is 6.62. The lowest BCUT2D eigenvalue weighted by atomic mass is 10.2. The zero-order valence-corrected chi connectivity index (χ0v) is 11.9. The van der Waals surface area contributed by atoms with Crippen molar-refractivity contribution in [3.8, 4) is 0 Å². The summed E-state index contributed by atoms with van der Waals surface area (Å²) in [6, 6.07) is 8.57. The molecule has 2 rings (SSSR count). The maximum Gasteiger partial charge on any atom is 0.328 e. The Labute approximate surface area is 122 Å². The Morgan fingerprint density at radius 1 is 1.29 bits per heavy atom. The van der Waals surface area contributed by atoms with E-state index in [0.717, 1.165) is 5.56 Å². The molecule has 1 aliphatic heterocycles. The van der Waals surface area contributed by atoms with Gasteiger partial charge in [-0.05, 0) is 5.56 Å². The molecule has 112 valence electrons. The smallest absolute Gasteiger partial charge is 0.328 e. The number of benzene rings is 1. The van der Waals surface area contributed by atoms with Gasteiger partial charge in [-0.2, -0.15) is 0 Å². The highest BCUT2D eigenvalue weighted by Gasteiger charge is 2.45. The number of carbonyl (C=O) groups excluding carboxylic acids is 3. The molecule has 21 heavy (non-hydrogen) atoms. The van der Waals surface area contributed by atoms with Crippen molar-refractivity contribution >= 4 is 17.8 Å². The van der Waals surface area contributed by atoms with Crippen molar-refractivity contribution in [2.75, 3.05) is 7.11 Å². The van der Waals surface area contributed by atoms with Gasteiger partial charge in [0.2, 0.25) is 0 Å². The monoisotopic (exact) mass is 291 g/mol. The Kier molecular flexibility index (Phi) is 4.57. The van der Waals surface area contributed by atoms with E-state index in [0.29, 0.717) is 0 Å². The maximum atomic E-state index is 12.3. The van der Waals surface area contributed by atoms with Crippen LogP contribution in [-0.2, 0) is 30.4 Å². The summed E-state index contributed by atoms with van der Waals surface area (Å²) in [6.45, 7) is 1.51. The molecule has 1 aromatic rings. The summed E-state index contributed by atoms with van der Waals surface area (Å²) in [6.07, 6.45) is -0.798. The first-order valence-electron chi connectivity index (χ1n) is 6.62. The summed E-state index contributed by atoms with van der Waals surface area (Å²) in [5.41, 5.74) is 0.892. The Bertz CT molecular complexity index is 542. The molecule has 0 bridgehead atoms. The summed E-state index contributed by atoms with van der Waals surface area (Å²) in [7, 11) is 1.27. The van der Waals surface area contributed by atoms with Crippen LogP contribution in [0, 0.1) is 0 Å². The average molecular weight is 291 g/mol. The van der Waals surface area contributed by atoms with Gasteiger partial charge in [-0.25, -0.2) is 4.79 Å². The SMILES string of the molecule is COC(=O)[C@@H]1C[C@H](OC(C)=O)C(=O)N1Cc1ccccc1. The fraction of sp³-hybridized carbons (Fsp3) is 0.400. The Morgan fingerprint density at radius 3 is 2.52 bits per heavy atom. The van der Waals surface area contributed by atoms with Crippen molar-refractivity contribution in [3.63, 3.8) is 0 Å². The predicted octanol–water partition coefficient (Wildman–Crippen LogP) is 0.892. The van der Waals surface area contributed by atoms with Crippen LogP contribution in [0.1, 0.15) is 18.9 Å². The fourth-order valence-corrected chi connectivity index (χ4v) is 2.40. The van der Waals surface area contributed by atoms with Gasteiger partial charge >= 0.3 is 11.9 Å². The number of amides is 1. The summed E-state index contributed by atoms with van der Waals surface area (Å²) in [4.78, 5) is 36.6. The van der Waals surface area contributed by atoms with E-state index < -0.39 is 24.1 Å². The highest BCUT2D eigenvalue weighted by molar-refractivity contribution is 5.92. The molecule has 2 atom stereocenters. The van der Waals surface area contributed by atoms with Crippen LogP contribution in [0.3, 0.4) is 0 Å². The van der Waals surface area contributed by atoms with Crippen LogP contribution in [0.2, 0.25) is 0 Å². The number of carbonyl (C=O) groups is 3. The second kappa shape index (κ2) is 6.39. The van der Waals surface area contributed by atoms with E-state index in [1.807, 2.05) is 30.3 Å². The lowest BCUT2D eigenvalue weighted by Gasteiger charge is -2.22. The summed E-state index contributed by atoms with van der Waals surface area (Å²) in [5.74, 6) is -1.42. The zero-order valence-electron chi connectivity index (χ0n) is 11.9. The molecular formula is C15H17NO5. The van der Waals surface area contributed by atoms with Gasteiger partial charge in [0.15, 0.2) is 6.10 Å². The van der Waals surface area contributed by atoms with Crippen molar-refractivity contribution < 1.29 is 23.9 Å². The van der Waals surface area contributed by atoms with E-state index in [-0.39, 0.29) is 18.9 Å². The third-order valence-electron chi connectivity index (χ3n) is 3.35. The van der Waals surface area contributed by atoms with Crippen molar-refractivity contribution in [3.05, 3.63) is 35.9 Å². The number of methoxy groups -OCH3 is 1. The zero-order chi connectivity index (χ0) is 15.4. The van der Waals surface area contributed by atoms with Crippen molar-refractivity contribution in [1.82, 2.24) is 4.90 Å². The van der Waals surface area contributed by atoms with E-state index in [9.17, 15) is 14.4 Å². The number of hydrogen-bond acceptors (Lipinski definition) is 5. The molecule has 1 aliphatic rings. The van der Waals surface area contributed by atoms with Gasteiger partial charge in [0.25, 0.3) is 5.91 Å². The van der Waals surface area contributed by atoms with Gasteiger partial charge in [0, 0.05) is 19.9 Å². The quantitative estimate of drug-likeness (QED) is 0.770. The normalized spacial score (nSPS) is 21.2. The molecule has 6 heteroatoms. The maximum absolute atomic E-state index is 12.3. The number of ether oxygens (including phenoxy) is 2. The van der Waals surface area contributed by atoms with E-state index in [1.165, 1.54) is 18.9 Å². The number of hydrogen-bond donors (Lipinski definition) is 0. The van der Waals surface area contributed by atoms with Gasteiger partial charge in [0.05, 0.1) is 7.11 Å². The van der Waals surface area contributed by atoms with Crippen molar-refractivity contribution in [2.24, 2.45) is 0 Å². The minimum absolute atomic E-state index is 0.123. The number of nitrogens with zero attached hydrogens (tertiary/aromatic N) is 1. The minimum Gasteiger partial charge on any atom is -0.467 e. The first kappa shape index (κ1) is 15.0. The predicted molar refractivity (Wildman–Crippen MR) is 73.0 cm³/mol. The van der Waals surface area contributed by atoms with Crippen LogP contribution >= 0.6 is 0 Å². The van der Waals surface area contributed by atoms with Crippen LogP contribution < -0.4 is 0 Å². The molecule has 0 unspecified atom stereocenters. The minimum atomic E-state index is -0.921. The molecule has 6 nitrogen and oxygen atoms in total. The molecule has 0 N–H and O–H groups in total. The molecular weight excluding hydrogens is 274 g/mol. The lowest BCUT2D eigenvalue weighted by molar-refractivity contribution is -0.155. The molecule has 0 aromatic heterocycles. The molecule has 1 heterocycles. The van der Waals surface area contributed by atoms with Gasteiger partial charge in [-0.15, -0.1) is 0 Å². The third kappa shape index (κ3) is 3.39. The summed E-state index contributed by atoms with van der Waals surface area (Å²) >= 11 is 0. The second-order valence-electron chi connectivity index (χ2n) is 4.82. The summed E-state index contributed by atoms with van der Waals surface area (Å²) < 4.78 is 9.71. The molecule has 1 amide bonds. The molecule has 1 fully saturated rings. The van der Waals surface area contributed by atoms with Crippen LogP contribution in [0.15, 0.2) is 30.3 Å². The molecule has 0 aliphatic carbocycles. The Hall–Kier alpha value is -2.37. The molecule has 0 spiro atoms. The molecule has 0 saturated carbocycles. The standard InChI is InChI=1S/C15H17NO5/c1-10(17)21-13-8-12(15(19)20-2)16(14(13)18)9-11-6-4-3-5-7-11/h3-7,12-13H,8-9H2,1-2H3/t12-,13-/m0/s1. The van der Waals surface area contributed by atoms with Gasteiger partial charge < -0.3 is 14.4 Å². The Morgan fingerprint density at radius 2 is 1.95 bits per heavy atom. The van der Waals surface area contributed by atoms with Crippen molar-refractivity contribution in [1.29, 1.82) is 0 Å². The van der Waals surface area contributed by atoms with Gasteiger partial charge in [0.1, 0.15) is 6.04 Å². The molecule has 1 saturated heterocycles. The van der Waals surface area contributed by atoms with E-state index in [4.69, 9.17) is 9.47 Å². The van der Waals surface area contributed by atoms with E-state index in [2.05, 4.69) is 0 Å².